The van der Waals surface area contributed by atoms with Crippen molar-refractivity contribution < 1.29 is 39.9 Å². The Hall–Kier alpha value is -1.32. The van der Waals surface area contributed by atoms with Crippen LogP contribution in [-0.2, 0) is 12.1 Å². The van der Waals surface area contributed by atoms with Crippen molar-refractivity contribution in [2.24, 2.45) is 0 Å². The van der Waals surface area contributed by atoms with Crippen LogP contribution in [0.2, 0.25) is 0 Å². The van der Waals surface area contributed by atoms with Gasteiger partial charge >= 0.3 is 12.5 Å². The van der Waals surface area contributed by atoms with Crippen LogP contribution >= 0.6 is 11.6 Å². The summed E-state index contributed by atoms with van der Waals surface area (Å²) >= 11 is 5.16. The van der Waals surface area contributed by atoms with Gasteiger partial charge in [0, 0.05) is 5.56 Å². The normalized spacial score (nSPS) is 12.9. The molecule has 0 fully saturated rings. The number of pyridine rings is 1. The summed E-state index contributed by atoms with van der Waals surface area (Å²) in [4.78, 5) is 2.58. The second kappa shape index (κ2) is 5.58. The fraction of sp³-hybridized carbons (Fsp3) is 0.444. The molecule has 1 aromatic heterocycles. The predicted octanol–water partition coefficient (Wildman–Crippen LogP) is 4.68. The molecule has 1 aromatic rings. The molecule has 0 unspecified atom stereocenters. The highest BCUT2D eigenvalue weighted by Crippen LogP contribution is 2.41. The highest BCUT2D eigenvalue weighted by atomic mass is 35.5. The van der Waals surface area contributed by atoms with E-state index >= 15 is 0 Å². The summed E-state index contributed by atoms with van der Waals surface area (Å²) in [5, 5.41) is 0. The first-order chi connectivity index (χ1) is 8.97. The van der Waals surface area contributed by atoms with E-state index in [1.807, 2.05) is 0 Å². The van der Waals surface area contributed by atoms with Gasteiger partial charge in [-0.05, 0) is 0 Å². The van der Waals surface area contributed by atoms with E-state index in [-0.39, 0.29) is 6.20 Å². The molecule has 0 radical (unpaired) electrons. The van der Waals surface area contributed by atoms with Crippen LogP contribution in [0.25, 0.3) is 0 Å². The van der Waals surface area contributed by atoms with Crippen LogP contribution < -0.4 is 4.74 Å². The number of ether oxygens (including phenoxy) is 1. The number of rotatable bonds is 3. The Bertz CT molecular complexity index is 484. The van der Waals surface area contributed by atoms with Crippen LogP contribution in [-0.4, -0.2) is 11.3 Å². The minimum Gasteiger partial charge on any atom is -0.404 e. The first-order valence-electron chi connectivity index (χ1n) is 4.66. The Morgan fingerprint density at radius 1 is 1.15 bits per heavy atom. The maximum absolute atomic E-state index is 12.7. The van der Waals surface area contributed by atoms with Crippen molar-refractivity contribution in [2.75, 3.05) is 0 Å². The lowest BCUT2D eigenvalue weighted by molar-refractivity contribution is -0.275. The quantitative estimate of drug-likeness (QED) is 0.593. The molecule has 0 amide bonds. The van der Waals surface area contributed by atoms with Crippen molar-refractivity contribution >= 4 is 11.6 Å². The number of alkyl halides is 9. The van der Waals surface area contributed by atoms with Gasteiger partial charge in [-0.2, -0.15) is 13.2 Å². The first-order valence-corrected chi connectivity index (χ1v) is 5.19. The molecule has 0 spiro atoms. The topological polar surface area (TPSA) is 22.1 Å². The van der Waals surface area contributed by atoms with Crippen molar-refractivity contribution in [1.29, 1.82) is 0 Å². The smallest absolute Gasteiger partial charge is 0.404 e. The van der Waals surface area contributed by atoms with Crippen LogP contribution in [0, 0.1) is 0 Å². The van der Waals surface area contributed by atoms with Crippen LogP contribution in [0.5, 0.6) is 5.75 Å². The molecule has 0 bridgehead atoms. The van der Waals surface area contributed by atoms with Crippen molar-refractivity contribution in [1.82, 2.24) is 4.98 Å². The number of hydrogen-bond acceptors (Lipinski definition) is 2. The Balaban J connectivity index is 3.50. The zero-order valence-corrected chi connectivity index (χ0v) is 9.87. The van der Waals surface area contributed by atoms with Gasteiger partial charge in [0.15, 0.2) is 11.4 Å². The standard InChI is InChI=1S/C9H4ClF8NO/c10-1-3-4(20-9(16,17)18)2-19-6(8(13,14)15)5(3)7(11)12/h2,7H,1H2. The third-order valence-electron chi connectivity index (χ3n) is 2.03. The molecule has 0 aliphatic carbocycles. The Labute approximate surface area is 111 Å². The largest absolute Gasteiger partial charge is 0.573 e. The van der Waals surface area contributed by atoms with E-state index in [4.69, 9.17) is 11.6 Å². The molecule has 20 heavy (non-hydrogen) atoms. The summed E-state index contributed by atoms with van der Waals surface area (Å²) in [7, 11) is 0. The van der Waals surface area contributed by atoms with E-state index in [0.717, 1.165) is 0 Å². The third kappa shape index (κ3) is 3.84. The maximum atomic E-state index is 12.7. The summed E-state index contributed by atoms with van der Waals surface area (Å²) in [6.45, 7) is 0. The summed E-state index contributed by atoms with van der Waals surface area (Å²) in [6.07, 6.45) is -14.2. The molecular weight excluding hydrogens is 326 g/mol. The molecule has 11 heteroatoms. The molecule has 0 saturated heterocycles. The van der Waals surface area contributed by atoms with E-state index < -0.39 is 47.4 Å². The van der Waals surface area contributed by atoms with Crippen LogP contribution in [0.1, 0.15) is 23.2 Å². The SMILES string of the molecule is FC(F)c1c(C(F)(F)F)ncc(OC(F)(F)F)c1CCl. The number of hydrogen-bond donors (Lipinski definition) is 0. The average molecular weight is 330 g/mol. The lowest BCUT2D eigenvalue weighted by Gasteiger charge is -2.18. The number of aromatic nitrogens is 1. The van der Waals surface area contributed by atoms with Gasteiger partial charge in [0.25, 0.3) is 6.43 Å². The van der Waals surface area contributed by atoms with E-state index in [2.05, 4.69) is 9.72 Å². The molecule has 0 N–H and O–H groups in total. The summed E-state index contributed by atoms with van der Waals surface area (Å²) in [5.74, 6) is -2.33. The summed E-state index contributed by atoms with van der Waals surface area (Å²) in [6, 6.07) is 0. The van der Waals surface area contributed by atoms with Gasteiger partial charge in [-0.3, -0.25) is 0 Å². The summed E-state index contributed by atoms with van der Waals surface area (Å²) < 4.78 is 102. The molecular formula is C9H4ClF8NO. The van der Waals surface area contributed by atoms with E-state index in [9.17, 15) is 35.1 Å². The highest BCUT2D eigenvalue weighted by Gasteiger charge is 2.41. The van der Waals surface area contributed by atoms with Gasteiger partial charge in [0.2, 0.25) is 0 Å². The fourth-order valence-electron chi connectivity index (χ4n) is 1.36. The maximum Gasteiger partial charge on any atom is 0.573 e. The monoisotopic (exact) mass is 329 g/mol. The zero-order valence-electron chi connectivity index (χ0n) is 9.12. The van der Waals surface area contributed by atoms with Crippen molar-refractivity contribution in [3.8, 4) is 5.75 Å². The molecule has 2 nitrogen and oxygen atoms in total. The molecule has 0 aliphatic heterocycles. The van der Waals surface area contributed by atoms with Crippen molar-refractivity contribution in [3.05, 3.63) is 23.0 Å². The zero-order chi connectivity index (χ0) is 15.7. The number of halogens is 9. The fourth-order valence-corrected chi connectivity index (χ4v) is 1.63. The second-order valence-corrected chi connectivity index (χ2v) is 3.61. The Morgan fingerprint density at radius 3 is 2.05 bits per heavy atom. The lowest BCUT2D eigenvalue weighted by Crippen LogP contribution is -2.21. The van der Waals surface area contributed by atoms with Gasteiger partial charge in [0.1, 0.15) is 0 Å². The average Bonchev–Trinajstić information content (AvgIpc) is 2.24. The first kappa shape index (κ1) is 16.7. The minimum atomic E-state index is -5.28. The molecule has 1 rings (SSSR count). The van der Waals surface area contributed by atoms with Crippen LogP contribution in [0.3, 0.4) is 0 Å². The molecule has 1 heterocycles. The van der Waals surface area contributed by atoms with Crippen LogP contribution in [0.15, 0.2) is 6.20 Å². The highest BCUT2D eigenvalue weighted by molar-refractivity contribution is 6.17. The second-order valence-electron chi connectivity index (χ2n) is 3.34. The van der Waals surface area contributed by atoms with Crippen molar-refractivity contribution in [2.45, 2.75) is 24.8 Å². The molecule has 0 aromatic carbocycles. The van der Waals surface area contributed by atoms with Crippen molar-refractivity contribution in [3.63, 3.8) is 0 Å². The molecule has 0 atom stereocenters. The Morgan fingerprint density at radius 2 is 1.70 bits per heavy atom. The Kier molecular flexibility index (Phi) is 4.67. The van der Waals surface area contributed by atoms with Gasteiger partial charge in [0.05, 0.1) is 17.6 Å². The summed E-state index contributed by atoms with van der Waals surface area (Å²) in [5.41, 5.74) is -4.84. The third-order valence-corrected chi connectivity index (χ3v) is 2.30. The van der Waals surface area contributed by atoms with E-state index in [1.54, 1.807) is 0 Å². The molecule has 0 aliphatic rings. The van der Waals surface area contributed by atoms with E-state index in [1.165, 1.54) is 0 Å². The molecule has 114 valence electrons. The van der Waals surface area contributed by atoms with Gasteiger partial charge in [-0.1, -0.05) is 0 Å². The van der Waals surface area contributed by atoms with Crippen LogP contribution in [0.4, 0.5) is 35.1 Å². The van der Waals surface area contributed by atoms with Gasteiger partial charge in [-0.15, -0.1) is 24.8 Å². The minimum absolute atomic E-state index is 0.0555. The number of nitrogens with zero attached hydrogens (tertiary/aromatic N) is 1. The van der Waals surface area contributed by atoms with Gasteiger partial charge < -0.3 is 4.74 Å². The van der Waals surface area contributed by atoms with Gasteiger partial charge in [-0.25, -0.2) is 13.8 Å². The lowest BCUT2D eigenvalue weighted by atomic mass is 10.1. The molecule has 0 saturated carbocycles. The van der Waals surface area contributed by atoms with E-state index in [0.29, 0.717) is 0 Å². The predicted molar refractivity (Wildman–Crippen MR) is 50.4 cm³/mol.